The molecule has 0 spiro atoms. The average Bonchev–Trinajstić information content (AvgIpc) is 2.74. The fourth-order valence-electron chi connectivity index (χ4n) is 3.12. The number of sulfonamides is 1. The van der Waals surface area contributed by atoms with E-state index in [-0.39, 0.29) is 49.1 Å². The maximum atomic E-state index is 14.4. The zero-order valence-electron chi connectivity index (χ0n) is 16.6. The highest BCUT2D eigenvalue weighted by molar-refractivity contribution is 7.89. The van der Waals surface area contributed by atoms with Gasteiger partial charge in [-0.3, -0.25) is 4.79 Å². The lowest BCUT2D eigenvalue weighted by atomic mass is 10.1. The highest BCUT2D eigenvalue weighted by Crippen LogP contribution is 2.23. The van der Waals surface area contributed by atoms with Crippen LogP contribution in [0.5, 0.6) is 5.75 Å². The van der Waals surface area contributed by atoms with Crippen molar-refractivity contribution in [2.45, 2.75) is 11.4 Å². The first-order valence-electron chi connectivity index (χ1n) is 9.19. The number of ether oxygens (including phenoxy) is 2. The number of hydrogen-bond donors (Lipinski definition) is 0. The van der Waals surface area contributed by atoms with E-state index < -0.39 is 27.6 Å². The van der Waals surface area contributed by atoms with Gasteiger partial charge >= 0.3 is 0 Å². The van der Waals surface area contributed by atoms with Gasteiger partial charge in [-0.25, -0.2) is 17.2 Å². The molecule has 1 saturated heterocycles. The maximum Gasteiger partial charge on any atom is 0.256 e. The van der Waals surface area contributed by atoms with Gasteiger partial charge in [-0.15, -0.1) is 0 Å². The first-order valence-corrected chi connectivity index (χ1v) is 10.6. The van der Waals surface area contributed by atoms with Crippen LogP contribution >= 0.6 is 0 Å². The van der Waals surface area contributed by atoms with Gasteiger partial charge < -0.3 is 14.4 Å². The Kier molecular flexibility index (Phi) is 6.69. The molecule has 0 aliphatic carbocycles. The van der Waals surface area contributed by atoms with Crippen LogP contribution in [-0.4, -0.2) is 64.0 Å². The first-order chi connectivity index (χ1) is 14.2. The second kappa shape index (κ2) is 9.07. The van der Waals surface area contributed by atoms with Crippen molar-refractivity contribution in [1.82, 2.24) is 9.21 Å². The number of carbonyl (C=O) groups is 1. The van der Waals surface area contributed by atoms with Gasteiger partial charge in [0.15, 0.2) is 11.6 Å². The Morgan fingerprint density at radius 3 is 2.47 bits per heavy atom. The molecule has 1 aliphatic rings. The second-order valence-electron chi connectivity index (χ2n) is 6.79. The zero-order chi connectivity index (χ0) is 21.9. The number of morpholine rings is 1. The van der Waals surface area contributed by atoms with Crippen molar-refractivity contribution in [3.63, 3.8) is 0 Å². The average molecular weight is 440 g/mol. The van der Waals surface area contributed by atoms with E-state index in [1.54, 1.807) is 6.07 Å². The van der Waals surface area contributed by atoms with Gasteiger partial charge in [-0.05, 0) is 35.9 Å². The third kappa shape index (κ3) is 4.61. The lowest BCUT2D eigenvalue weighted by Gasteiger charge is -2.26. The molecular formula is C20H22F2N2O5S. The number of hydrogen-bond acceptors (Lipinski definition) is 5. The second-order valence-corrected chi connectivity index (χ2v) is 8.73. The summed E-state index contributed by atoms with van der Waals surface area (Å²) in [6.07, 6.45) is 0. The van der Waals surface area contributed by atoms with E-state index in [9.17, 15) is 22.0 Å². The van der Waals surface area contributed by atoms with Crippen LogP contribution in [0, 0.1) is 11.6 Å². The van der Waals surface area contributed by atoms with Crippen LogP contribution < -0.4 is 4.74 Å². The van der Waals surface area contributed by atoms with Gasteiger partial charge in [0.25, 0.3) is 5.91 Å². The SMILES string of the molecule is COc1ccc(CN(C)C(=O)c2cc(S(=O)(=O)N3CCOCC3)ccc2F)cc1F. The van der Waals surface area contributed by atoms with Crippen LogP contribution in [0.3, 0.4) is 0 Å². The minimum absolute atomic E-state index is 0.000368. The van der Waals surface area contributed by atoms with Crippen molar-refractivity contribution < 1.29 is 31.5 Å². The molecule has 1 heterocycles. The van der Waals surface area contributed by atoms with Crippen molar-refractivity contribution in [3.8, 4) is 5.75 Å². The summed E-state index contributed by atoms with van der Waals surface area (Å²) in [5, 5.41) is 0. The fraction of sp³-hybridized carbons (Fsp3) is 0.350. The zero-order valence-corrected chi connectivity index (χ0v) is 17.4. The molecule has 3 rings (SSSR count). The van der Waals surface area contributed by atoms with Crippen molar-refractivity contribution in [1.29, 1.82) is 0 Å². The molecule has 0 bridgehead atoms. The third-order valence-electron chi connectivity index (χ3n) is 4.76. The minimum atomic E-state index is -3.88. The number of methoxy groups -OCH3 is 1. The number of benzene rings is 2. The number of rotatable bonds is 6. The van der Waals surface area contributed by atoms with E-state index in [4.69, 9.17) is 9.47 Å². The van der Waals surface area contributed by atoms with Crippen LogP contribution in [0.4, 0.5) is 8.78 Å². The summed E-state index contributed by atoms with van der Waals surface area (Å²) in [6, 6.07) is 7.36. The molecule has 2 aromatic carbocycles. The molecule has 0 radical (unpaired) electrons. The lowest BCUT2D eigenvalue weighted by molar-refractivity contribution is 0.0730. The van der Waals surface area contributed by atoms with E-state index in [0.29, 0.717) is 5.56 Å². The van der Waals surface area contributed by atoms with Gasteiger partial charge in [0.2, 0.25) is 10.0 Å². The maximum absolute atomic E-state index is 14.4. The summed E-state index contributed by atoms with van der Waals surface area (Å²) in [5.41, 5.74) is 0.0995. The van der Waals surface area contributed by atoms with Crippen LogP contribution in [0.2, 0.25) is 0 Å². The molecule has 10 heteroatoms. The third-order valence-corrected chi connectivity index (χ3v) is 6.65. The topological polar surface area (TPSA) is 76.2 Å². The van der Waals surface area contributed by atoms with Crippen LogP contribution in [0.1, 0.15) is 15.9 Å². The smallest absolute Gasteiger partial charge is 0.256 e. The lowest BCUT2D eigenvalue weighted by Crippen LogP contribution is -2.40. The minimum Gasteiger partial charge on any atom is -0.494 e. The number of amides is 1. The van der Waals surface area contributed by atoms with Gasteiger partial charge in [0.1, 0.15) is 5.82 Å². The normalized spacial score (nSPS) is 15.1. The molecule has 2 aromatic rings. The quantitative estimate of drug-likeness (QED) is 0.689. The van der Waals surface area contributed by atoms with Crippen LogP contribution in [0.25, 0.3) is 0 Å². The highest BCUT2D eigenvalue weighted by Gasteiger charge is 2.28. The van der Waals surface area contributed by atoms with E-state index in [1.165, 1.54) is 35.5 Å². The molecule has 162 valence electrons. The summed E-state index contributed by atoms with van der Waals surface area (Å²) in [7, 11) is -1.11. The standard InChI is InChI=1S/C20H22F2N2O5S/c1-23(13-14-3-6-19(28-2)18(22)11-14)20(25)16-12-15(4-5-17(16)21)30(26,27)24-7-9-29-10-8-24/h3-6,11-12H,7-10,13H2,1-2H3. The van der Waals surface area contributed by atoms with E-state index in [1.807, 2.05) is 0 Å². The summed E-state index contributed by atoms with van der Waals surface area (Å²) in [6.45, 7) is 0.915. The Morgan fingerprint density at radius 1 is 1.13 bits per heavy atom. The molecule has 1 fully saturated rings. The molecule has 30 heavy (non-hydrogen) atoms. The van der Waals surface area contributed by atoms with Crippen molar-refractivity contribution in [2.24, 2.45) is 0 Å². The number of halogens is 2. The Labute approximate surface area is 173 Å². The Hall–Kier alpha value is -2.56. The molecule has 0 N–H and O–H groups in total. The summed E-state index contributed by atoms with van der Waals surface area (Å²) >= 11 is 0. The molecule has 0 saturated carbocycles. The van der Waals surface area contributed by atoms with Gasteiger partial charge in [-0.2, -0.15) is 4.31 Å². The Bertz CT molecular complexity index is 1040. The summed E-state index contributed by atoms with van der Waals surface area (Å²) in [5.74, 6) is -2.07. The summed E-state index contributed by atoms with van der Waals surface area (Å²) in [4.78, 5) is 13.8. The van der Waals surface area contributed by atoms with Gasteiger partial charge in [0.05, 0.1) is 30.8 Å². The van der Waals surface area contributed by atoms with E-state index >= 15 is 0 Å². The first kappa shape index (κ1) is 22.1. The van der Waals surface area contributed by atoms with E-state index in [0.717, 1.165) is 18.2 Å². The summed E-state index contributed by atoms with van der Waals surface area (Å²) < 4.78 is 65.1. The van der Waals surface area contributed by atoms with Crippen molar-refractivity contribution in [2.75, 3.05) is 40.5 Å². The highest BCUT2D eigenvalue weighted by atomic mass is 32.2. The number of carbonyl (C=O) groups excluding carboxylic acids is 1. The van der Waals surface area contributed by atoms with Crippen LogP contribution in [-0.2, 0) is 21.3 Å². The molecule has 1 amide bonds. The molecular weight excluding hydrogens is 418 g/mol. The molecule has 0 unspecified atom stereocenters. The largest absolute Gasteiger partial charge is 0.494 e. The molecule has 0 aromatic heterocycles. The predicted molar refractivity (Wildman–Crippen MR) is 105 cm³/mol. The van der Waals surface area contributed by atoms with Gasteiger partial charge in [0, 0.05) is 26.7 Å². The van der Waals surface area contributed by atoms with Crippen LogP contribution in [0.15, 0.2) is 41.3 Å². The van der Waals surface area contributed by atoms with E-state index in [2.05, 4.69) is 0 Å². The van der Waals surface area contributed by atoms with Gasteiger partial charge in [-0.1, -0.05) is 6.07 Å². The monoisotopic (exact) mass is 440 g/mol. The van der Waals surface area contributed by atoms with Crippen molar-refractivity contribution in [3.05, 3.63) is 59.2 Å². The fourth-order valence-corrected chi connectivity index (χ4v) is 4.56. The molecule has 0 atom stereocenters. The molecule has 1 aliphatic heterocycles. The number of nitrogens with zero attached hydrogens (tertiary/aromatic N) is 2. The Morgan fingerprint density at radius 2 is 1.83 bits per heavy atom. The molecule has 7 nitrogen and oxygen atoms in total. The van der Waals surface area contributed by atoms with Crippen molar-refractivity contribution >= 4 is 15.9 Å². The Balaban J connectivity index is 1.83. The predicted octanol–water partition coefficient (Wildman–Crippen LogP) is 2.27.